The highest BCUT2D eigenvalue weighted by Gasteiger charge is 2.39. The van der Waals surface area contributed by atoms with Crippen LogP contribution in [0, 0.1) is 5.95 Å². The molecule has 9 heteroatoms. The van der Waals surface area contributed by atoms with Gasteiger partial charge in [-0.25, -0.2) is 8.42 Å². The third-order valence-electron chi connectivity index (χ3n) is 5.49. The standard InChI is InChI=1S/C20H22ClFN2O4S/c1-27-14-7-9-15(10-8-14)28-20-17-18(16(21)19(22)23-20)29(25,26)12-11-24(17)13-5-3-2-4-6-13/h7-10,13H,2-6,11-12H2,1H3. The van der Waals surface area contributed by atoms with Crippen molar-refractivity contribution >= 4 is 27.1 Å². The van der Waals surface area contributed by atoms with Crippen LogP contribution in [0.25, 0.3) is 0 Å². The van der Waals surface area contributed by atoms with Gasteiger partial charge in [-0.05, 0) is 37.1 Å². The maximum atomic E-state index is 14.5. The first-order valence-corrected chi connectivity index (χ1v) is 11.6. The number of pyridine rings is 1. The van der Waals surface area contributed by atoms with Gasteiger partial charge in [0.05, 0.1) is 12.9 Å². The quantitative estimate of drug-likeness (QED) is 0.647. The molecule has 1 aliphatic carbocycles. The van der Waals surface area contributed by atoms with Gasteiger partial charge in [-0.1, -0.05) is 30.9 Å². The van der Waals surface area contributed by atoms with Gasteiger partial charge < -0.3 is 14.4 Å². The number of ether oxygens (including phenoxy) is 2. The molecule has 29 heavy (non-hydrogen) atoms. The summed E-state index contributed by atoms with van der Waals surface area (Å²) in [5, 5.41) is -0.470. The van der Waals surface area contributed by atoms with E-state index in [0.717, 1.165) is 32.1 Å². The molecule has 0 spiro atoms. The SMILES string of the molecule is COc1ccc(Oc2nc(F)c(Cl)c3c2N(C2CCCCC2)CCS3(=O)=O)cc1. The number of halogens is 2. The van der Waals surface area contributed by atoms with Crippen LogP contribution >= 0.6 is 11.6 Å². The molecule has 2 aliphatic rings. The van der Waals surface area contributed by atoms with Crippen molar-refractivity contribution in [1.29, 1.82) is 0 Å². The molecule has 0 N–H and O–H groups in total. The van der Waals surface area contributed by atoms with Crippen molar-refractivity contribution < 1.29 is 22.3 Å². The lowest BCUT2D eigenvalue weighted by atomic mass is 9.94. The highest BCUT2D eigenvalue weighted by molar-refractivity contribution is 7.91. The van der Waals surface area contributed by atoms with Gasteiger partial charge >= 0.3 is 0 Å². The number of methoxy groups -OCH3 is 1. The lowest BCUT2D eigenvalue weighted by Crippen LogP contribution is -2.44. The van der Waals surface area contributed by atoms with Crippen molar-refractivity contribution in [3.8, 4) is 17.4 Å². The van der Waals surface area contributed by atoms with Crippen LogP contribution in [0.4, 0.5) is 10.1 Å². The summed E-state index contributed by atoms with van der Waals surface area (Å²) in [6.45, 7) is 0.308. The molecule has 0 bridgehead atoms. The summed E-state index contributed by atoms with van der Waals surface area (Å²) in [5.41, 5.74) is 0.269. The lowest BCUT2D eigenvalue weighted by Gasteiger charge is -2.40. The Balaban J connectivity index is 1.83. The summed E-state index contributed by atoms with van der Waals surface area (Å²) in [5.74, 6) is -0.208. The molecule has 0 radical (unpaired) electrons. The summed E-state index contributed by atoms with van der Waals surface area (Å²) in [6.07, 6.45) is 5.18. The number of anilines is 1. The molecular formula is C20H22ClFN2O4S. The van der Waals surface area contributed by atoms with E-state index in [0.29, 0.717) is 18.0 Å². The third-order valence-corrected chi connectivity index (χ3v) is 7.68. The molecule has 0 atom stereocenters. The fourth-order valence-corrected chi connectivity index (χ4v) is 6.02. The van der Waals surface area contributed by atoms with Crippen molar-refractivity contribution in [3.05, 3.63) is 35.2 Å². The number of hydrogen-bond acceptors (Lipinski definition) is 6. The van der Waals surface area contributed by atoms with E-state index in [9.17, 15) is 12.8 Å². The number of hydrogen-bond donors (Lipinski definition) is 0. The van der Waals surface area contributed by atoms with Crippen LogP contribution in [-0.4, -0.2) is 38.9 Å². The molecule has 156 valence electrons. The molecule has 2 heterocycles. The lowest BCUT2D eigenvalue weighted by molar-refractivity contribution is 0.398. The largest absolute Gasteiger partial charge is 0.497 e. The molecule has 6 nitrogen and oxygen atoms in total. The van der Waals surface area contributed by atoms with Crippen LogP contribution in [0.5, 0.6) is 17.4 Å². The summed E-state index contributed by atoms with van der Waals surface area (Å²) < 4.78 is 51.0. The highest BCUT2D eigenvalue weighted by atomic mass is 35.5. The van der Waals surface area contributed by atoms with Crippen LogP contribution in [-0.2, 0) is 9.84 Å². The zero-order valence-electron chi connectivity index (χ0n) is 16.0. The zero-order valence-corrected chi connectivity index (χ0v) is 17.6. The first-order chi connectivity index (χ1) is 13.9. The van der Waals surface area contributed by atoms with Crippen LogP contribution in [0.3, 0.4) is 0 Å². The van der Waals surface area contributed by atoms with E-state index in [-0.39, 0.29) is 28.3 Å². The summed E-state index contributed by atoms with van der Waals surface area (Å²) in [6, 6.07) is 6.86. The van der Waals surface area contributed by atoms with Gasteiger partial charge in [-0.2, -0.15) is 9.37 Å². The molecular weight excluding hydrogens is 419 g/mol. The average Bonchev–Trinajstić information content (AvgIpc) is 2.72. The van der Waals surface area contributed by atoms with Gasteiger partial charge in [0.15, 0.2) is 9.84 Å². The summed E-state index contributed by atoms with van der Waals surface area (Å²) in [4.78, 5) is 5.65. The van der Waals surface area contributed by atoms with Crippen LogP contribution in [0.2, 0.25) is 5.02 Å². The third kappa shape index (κ3) is 3.88. The zero-order chi connectivity index (χ0) is 20.6. The minimum Gasteiger partial charge on any atom is -0.497 e. The van der Waals surface area contributed by atoms with E-state index < -0.39 is 20.8 Å². The number of benzene rings is 1. The van der Waals surface area contributed by atoms with E-state index in [1.807, 2.05) is 4.90 Å². The Morgan fingerprint density at radius 2 is 1.79 bits per heavy atom. The fourth-order valence-electron chi connectivity index (χ4n) is 4.04. The van der Waals surface area contributed by atoms with Crippen LogP contribution in [0.1, 0.15) is 32.1 Å². The first kappa shape index (κ1) is 20.2. The van der Waals surface area contributed by atoms with Crippen molar-refractivity contribution in [1.82, 2.24) is 4.98 Å². The fraction of sp³-hybridized carbons (Fsp3) is 0.450. The van der Waals surface area contributed by atoms with Crippen LogP contribution in [0.15, 0.2) is 29.2 Å². The van der Waals surface area contributed by atoms with E-state index >= 15 is 0 Å². The van der Waals surface area contributed by atoms with E-state index in [2.05, 4.69) is 4.98 Å². The average molecular weight is 441 g/mol. The molecule has 0 amide bonds. The van der Waals surface area contributed by atoms with Gasteiger partial charge in [-0.3, -0.25) is 0 Å². The van der Waals surface area contributed by atoms with Gasteiger partial charge in [-0.15, -0.1) is 0 Å². The van der Waals surface area contributed by atoms with Gasteiger partial charge in [0.25, 0.3) is 0 Å². The topological polar surface area (TPSA) is 68.7 Å². The highest BCUT2D eigenvalue weighted by Crippen LogP contribution is 2.46. The molecule has 1 saturated carbocycles. The van der Waals surface area contributed by atoms with Crippen molar-refractivity contribution in [3.63, 3.8) is 0 Å². The Kier molecular flexibility index (Phi) is 5.57. The predicted octanol–water partition coefficient (Wildman–Crippen LogP) is 4.60. The van der Waals surface area contributed by atoms with E-state index in [4.69, 9.17) is 21.1 Å². The first-order valence-electron chi connectivity index (χ1n) is 9.61. The summed E-state index contributed by atoms with van der Waals surface area (Å²) >= 11 is 6.10. The molecule has 0 saturated heterocycles. The monoisotopic (exact) mass is 440 g/mol. The van der Waals surface area contributed by atoms with Gasteiger partial charge in [0, 0.05) is 12.6 Å². The summed E-state index contributed by atoms with van der Waals surface area (Å²) in [7, 11) is -2.20. The molecule has 2 aromatic rings. The molecule has 1 aliphatic heterocycles. The van der Waals surface area contributed by atoms with Crippen molar-refractivity contribution in [2.45, 2.75) is 43.0 Å². The Morgan fingerprint density at radius 3 is 2.45 bits per heavy atom. The minimum atomic E-state index is -3.75. The molecule has 1 aromatic heterocycles. The normalized spacial score (nSPS) is 18.9. The minimum absolute atomic E-state index is 0.0825. The number of nitrogens with zero attached hydrogens (tertiary/aromatic N) is 2. The maximum Gasteiger partial charge on any atom is 0.247 e. The van der Waals surface area contributed by atoms with Crippen molar-refractivity contribution in [2.24, 2.45) is 0 Å². The van der Waals surface area contributed by atoms with Gasteiger partial charge in [0.1, 0.15) is 27.1 Å². The molecule has 1 aromatic carbocycles. The number of rotatable bonds is 4. The maximum absolute atomic E-state index is 14.5. The second-order valence-corrected chi connectivity index (χ2v) is 9.71. The second kappa shape index (κ2) is 7.99. The smallest absolute Gasteiger partial charge is 0.247 e. The second-order valence-electron chi connectivity index (χ2n) is 7.28. The number of fused-ring (bicyclic) bond motifs is 1. The van der Waals surface area contributed by atoms with E-state index in [1.54, 1.807) is 31.4 Å². The van der Waals surface area contributed by atoms with Crippen molar-refractivity contribution in [2.75, 3.05) is 24.3 Å². The predicted molar refractivity (Wildman–Crippen MR) is 109 cm³/mol. The van der Waals surface area contributed by atoms with Crippen LogP contribution < -0.4 is 14.4 Å². The Labute approximate surface area is 174 Å². The molecule has 0 unspecified atom stereocenters. The van der Waals surface area contributed by atoms with E-state index in [1.165, 1.54) is 0 Å². The Hall–Kier alpha value is -2.06. The molecule has 4 rings (SSSR count). The van der Waals surface area contributed by atoms with Gasteiger partial charge in [0.2, 0.25) is 11.8 Å². The number of aromatic nitrogens is 1. The Bertz CT molecular complexity index is 1010. The molecule has 1 fully saturated rings. The Morgan fingerprint density at radius 1 is 1.14 bits per heavy atom. The number of sulfone groups is 1.